The number of thiophene rings is 10. The number of fused-ring (bicyclic) bond motifs is 4. The van der Waals surface area contributed by atoms with Gasteiger partial charge in [0.25, 0.3) is 0 Å². The van der Waals surface area contributed by atoms with Gasteiger partial charge in [-0.1, -0.05) is 117 Å². The van der Waals surface area contributed by atoms with Gasteiger partial charge in [0.1, 0.15) is 0 Å². The second-order valence-corrected chi connectivity index (χ2v) is 37.7. The molecule has 1 aliphatic rings. The lowest BCUT2D eigenvalue weighted by Crippen LogP contribution is -1.94. The standard InChI is InChI=1S/C80H84S12/c1-5-9-13-17-21-57-47-77(73-35-33-67(87-73)65-27-25-61(83-65)23-19-15-11-7-3)91-79(57)75-39-37-71(89-75)69-31-29-63(85-69)59-43-53-41-54(44-59)50-82-52-56-42-55(51-81-49-53)45-60(46-56)64-30-32-70(86-64)72-38-40-76(90-72)80-58(22-18-14-10-6-2)48-78(92-80)74-36-34-68(88-74)66-28-26-62(84-66)24-20-16-12-8-4/h25-48H,5-24,49-52H2,1-4H3. The van der Waals surface area contributed by atoms with E-state index < -0.39 is 0 Å². The monoisotopic (exact) mass is 1430 g/mol. The lowest BCUT2D eigenvalue weighted by Gasteiger charge is -2.13. The topological polar surface area (TPSA) is 0 Å². The predicted octanol–water partition coefficient (Wildman–Crippen LogP) is 30.6. The number of hydrogen-bond donors (Lipinski definition) is 0. The van der Waals surface area contributed by atoms with Crippen molar-refractivity contribution in [2.75, 3.05) is 0 Å². The molecular weight excluding hydrogens is 1350 g/mol. The van der Waals surface area contributed by atoms with Crippen molar-refractivity contribution in [3.05, 3.63) is 189 Å². The zero-order valence-electron chi connectivity index (χ0n) is 53.7. The van der Waals surface area contributed by atoms with Gasteiger partial charge in [-0.25, -0.2) is 0 Å². The first-order chi connectivity index (χ1) is 45.3. The minimum Gasteiger partial charge on any atom is -0.152 e. The number of unbranched alkanes of at least 4 members (excludes halogenated alkanes) is 12. The summed E-state index contributed by atoms with van der Waals surface area (Å²) < 4.78 is 0. The molecular formula is C80H84S12. The average molecular weight is 1430 g/mol. The van der Waals surface area contributed by atoms with E-state index in [1.54, 1.807) is 0 Å². The molecule has 12 heteroatoms. The Morgan fingerprint density at radius 2 is 0.500 bits per heavy atom. The molecule has 0 atom stereocenters. The van der Waals surface area contributed by atoms with Crippen LogP contribution in [0, 0.1) is 0 Å². The SMILES string of the molecule is CCCCCCc1ccc(-c2ccc(-c3cc(CCCCCC)c(-c4ccc(-c5ccc(-c6cc7cc(c6)CSCc6cc(cc(-c8ccc(-c9ccc(-c%10sc(-c%11ccc(-c%12ccc(CCCCCC)s%12)s%11)cc%10CCCCCC)s9)s8)c6)CSC7)s5)s4)s3)s2)s1. The van der Waals surface area contributed by atoms with E-state index in [2.05, 4.69) is 197 Å². The molecule has 0 amide bonds. The molecule has 0 fully saturated rings. The van der Waals surface area contributed by atoms with E-state index in [4.69, 9.17) is 0 Å². The van der Waals surface area contributed by atoms with Gasteiger partial charge in [-0.2, -0.15) is 23.5 Å². The maximum absolute atomic E-state index is 2.54. The highest BCUT2D eigenvalue weighted by Gasteiger charge is 2.21. The Morgan fingerprint density at radius 1 is 0.228 bits per heavy atom. The molecule has 12 aromatic rings. The van der Waals surface area contributed by atoms with Crippen LogP contribution in [0.1, 0.15) is 174 Å². The highest BCUT2D eigenvalue weighted by Crippen LogP contribution is 2.51. The first-order valence-corrected chi connectivity index (χ1v) is 44.3. The summed E-state index contributed by atoms with van der Waals surface area (Å²) in [6, 6.07) is 58.1. The third-order valence-electron chi connectivity index (χ3n) is 17.4. The highest BCUT2D eigenvalue weighted by atomic mass is 32.2. The van der Waals surface area contributed by atoms with Crippen LogP contribution in [0.25, 0.3) is 98.9 Å². The maximum atomic E-state index is 2.54. The Labute approximate surface area is 597 Å². The van der Waals surface area contributed by atoms with E-state index in [9.17, 15) is 0 Å². The summed E-state index contributed by atoms with van der Waals surface area (Å²) in [6.45, 7) is 9.23. The molecule has 476 valence electrons. The average Bonchev–Trinajstić information content (AvgIpc) is 1.70. The summed E-state index contributed by atoms with van der Waals surface area (Å²) in [5.41, 5.74) is 11.5. The van der Waals surface area contributed by atoms with E-state index in [0.29, 0.717) is 0 Å². The van der Waals surface area contributed by atoms with Crippen molar-refractivity contribution in [2.24, 2.45) is 0 Å². The molecule has 92 heavy (non-hydrogen) atoms. The zero-order chi connectivity index (χ0) is 62.6. The fourth-order valence-electron chi connectivity index (χ4n) is 12.5. The maximum Gasteiger partial charge on any atom is 0.0481 e. The minimum absolute atomic E-state index is 1.00. The number of aryl methyl sites for hydroxylation is 4. The van der Waals surface area contributed by atoms with Crippen LogP contribution >= 0.6 is 137 Å². The van der Waals surface area contributed by atoms with Gasteiger partial charge in [0.2, 0.25) is 0 Å². The normalized spacial score (nSPS) is 12.7. The van der Waals surface area contributed by atoms with Crippen LogP contribution in [0.4, 0.5) is 0 Å². The summed E-state index contributed by atoms with van der Waals surface area (Å²) >= 11 is 24.0. The van der Waals surface area contributed by atoms with Gasteiger partial charge >= 0.3 is 0 Å². The molecule has 0 saturated carbocycles. The summed E-state index contributed by atoms with van der Waals surface area (Å²) in [7, 11) is 0. The van der Waals surface area contributed by atoms with Crippen molar-refractivity contribution in [1.82, 2.24) is 0 Å². The van der Waals surface area contributed by atoms with Crippen molar-refractivity contribution in [3.63, 3.8) is 0 Å². The van der Waals surface area contributed by atoms with Gasteiger partial charge in [-0.05, 0) is 229 Å². The van der Waals surface area contributed by atoms with Gasteiger partial charge < -0.3 is 0 Å². The van der Waals surface area contributed by atoms with E-state index in [0.717, 1.165) is 35.9 Å². The van der Waals surface area contributed by atoms with Crippen molar-refractivity contribution in [1.29, 1.82) is 0 Å². The molecule has 0 nitrogen and oxygen atoms in total. The van der Waals surface area contributed by atoms with Gasteiger partial charge in [0.05, 0.1) is 0 Å². The first kappa shape index (κ1) is 66.7. The van der Waals surface area contributed by atoms with Crippen LogP contribution in [0.15, 0.2) is 146 Å². The van der Waals surface area contributed by atoms with Crippen LogP contribution in [-0.4, -0.2) is 0 Å². The van der Waals surface area contributed by atoms with Crippen LogP contribution < -0.4 is 0 Å². The summed E-state index contributed by atoms with van der Waals surface area (Å²) in [6.07, 6.45) is 25.5. The van der Waals surface area contributed by atoms with Crippen LogP contribution in [0.5, 0.6) is 0 Å². The van der Waals surface area contributed by atoms with Gasteiger partial charge in [-0.3, -0.25) is 0 Å². The van der Waals surface area contributed by atoms with E-state index in [1.165, 1.54) is 258 Å². The molecule has 0 saturated heterocycles. The van der Waals surface area contributed by atoms with Crippen LogP contribution in [0.3, 0.4) is 0 Å². The van der Waals surface area contributed by atoms with E-state index in [1.807, 2.05) is 113 Å². The molecule has 1 aliphatic heterocycles. The molecule has 13 rings (SSSR count). The Hall–Kier alpha value is -3.86. The second kappa shape index (κ2) is 32.9. The fraction of sp³-hybridized carbons (Fsp3) is 0.350. The van der Waals surface area contributed by atoms with Gasteiger partial charge in [0, 0.05) is 121 Å². The van der Waals surface area contributed by atoms with Crippen molar-refractivity contribution in [2.45, 2.75) is 179 Å². The number of rotatable bonds is 30. The molecule has 0 N–H and O–H groups in total. The Balaban J connectivity index is 0.669. The number of thioether (sulfide) groups is 2. The zero-order valence-corrected chi connectivity index (χ0v) is 63.5. The molecule has 10 aromatic heterocycles. The summed E-state index contributed by atoms with van der Waals surface area (Å²) in [5, 5.41) is 0. The molecule has 0 unspecified atom stereocenters. The van der Waals surface area contributed by atoms with Gasteiger partial charge in [-0.15, -0.1) is 113 Å². The molecule has 0 aliphatic carbocycles. The summed E-state index contributed by atoms with van der Waals surface area (Å²) in [4.78, 5) is 28.3. The smallest absolute Gasteiger partial charge is 0.0481 e. The number of benzene rings is 2. The van der Waals surface area contributed by atoms with Crippen LogP contribution in [0.2, 0.25) is 0 Å². The van der Waals surface area contributed by atoms with Crippen molar-refractivity contribution in [3.8, 4) is 98.9 Å². The third kappa shape index (κ3) is 16.9. The van der Waals surface area contributed by atoms with Crippen molar-refractivity contribution >= 4 is 137 Å². The Kier molecular flexibility index (Phi) is 23.9. The molecule has 0 radical (unpaired) electrons. The van der Waals surface area contributed by atoms with Crippen LogP contribution in [-0.2, 0) is 48.7 Å². The second-order valence-electron chi connectivity index (χ2n) is 24.7. The lowest BCUT2D eigenvalue weighted by atomic mass is 10.1. The predicted molar refractivity (Wildman–Crippen MR) is 427 cm³/mol. The largest absolute Gasteiger partial charge is 0.152 e. The molecule has 4 bridgehead atoms. The van der Waals surface area contributed by atoms with Gasteiger partial charge in [0.15, 0.2) is 0 Å². The fourth-order valence-corrected chi connectivity index (χ4v) is 25.6. The van der Waals surface area contributed by atoms with Crippen molar-refractivity contribution < 1.29 is 0 Å². The minimum atomic E-state index is 1.00. The quantitative estimate of drug-likeness (QED) is 0.0412. The molecule has 2 aromatic carbocycles. The molecule has 0 spiro atoms. The Bertz CT molecular complexity index is 3970. The lowest BCUT2D eigenvalue weighted by molar-refractivity contribution is 0.668. The molecule has 11 heterocycles. The number of hydrogen-bond acceptors (Lipinski definition) is 12. The third-order valence-corrected chi connectivity index (χ3v) is 32.3. The van der Waals surface area contributed by atoms with E-state index in [-0.39, 0.29) is 0 Å². The highest BCUT2D eigenvalue weighted by molar-refractivity contribution is 7.98. The van der Waals surface area contributed by atoms with E-state index >= 15 is 0 Å². The summed E-state index contributed by atoms with van der Waals surface area (Å²) in [5.74, 6) is 4.01. The Morgan fingerprint density at radius 3 is 0.848 bits per heavy atom. The first-order valence-electron chi connectivity index (χ1n) is 33.8.